The van der Waals surface area contributed by atoms with Crippen LogP contribution in [0.15, 0.2) is 146 Å². The van der Waals surface area contributed by atoms with Gasteiger partial charge in [-0.05, 0) is 66.7 Å². The number of aromatic nitrogens is 2. The summed E-state index contributed by atoms with van der Waals surface area (Å²) < 4.78 is 17.3. The predicted octanol–water partition coefficient (Wildman–Crippen LogP) is 7.60. The number of benzene rings is 5. The van der Waals surface area contributed by atoms with Gasteiger partial charge in [0.25, 0.3) is 0 Å². The molecule has 1 aliphatic rings. The normalized spacial score (nSPS) is 13.8. The number of hydrogen-bond acceptors (Lipinski definition) is 3. The van der Waals surface area contributed by atoms with Gasteiger partial charge in [0.1, 0.15) is 5.65 Å². The summed E-state index contributed by atoms with van der Waals surface area (Å²) in [6.07, 6.45) is 1.85. The quantitative estimate of drug-likeness (QED) is 0.220. The summed E-state index contributed by atoms with van der Waals surface area (Å²) in [7, 11) is -3.06. The van der Waals surface area contributed by atoms with E-state index in [1.54, 1.807) is 0 Å². The number of pyridine rings is 1. The summed E-state index contributed by atoms with van der Waals surface area (Å²) in [4.78, 5) is 6.97. The first kappa shape index (κ1) is 23.0. The van der Waals surface area contributed by atoms with Gasteiger partial charge in [-0.1, -0.05) is 72.8 Å². The molecule has 3 heterocycles. The predicted molar refractivity (Wildman–Crippen MR) is 166 cm³/mol. The maximum atomic E-state index is 15.1. The molecule has 0 amide bonds. The maximum absolute atomic E-state index is 15.1. The molecule has 5 heteroatoms. The van der Waals surface area contributed by atoms with Crippen molar-refractivity contribution in [1.82, 2.24) is 9.55 Å². The first-order valence-electron chi connectivity index (χ1n) is 13.3. The Morgan fingerprint density at radius 1 is 0.525 bits per heavy atom. The highest BCUT2D eigenvalue weighted by Crippen LogP contribution is 2.53. The Morgan fingerprint density at radius 2 is 1.10 bits per heavy atom. The van der Waals surface area contributed by atoms with Gasteiger partial charge in [-0.3, -0.25) is 4.57 Å². The van der Waals surface area contributed by atoms with Crippen molar-refractivity contribution in [2.75, 3.05) is 4.90 Å². The molecular weight excluding hydrogens is 509 g/mol. The largest absolute Gasteiger partial charge is 0.309 e. The number of fused-ring (bicyclic) bond motifs is 5. The third kappa shape index (κ3) is 3.20. The molecule has 40 heavy (non-hydrogen) atoms. The van der Waals surface area contributed by atoms with Crippen LogP contribution in [0.25, 0.3) is 27.6 Å². The standard InChI is InChI=1S/C35H24N3OP/c39-40(27-11-2-1-3-12-27)33-18-8-6-16-31(33)37(32-17-7-9-19-34(32)40)25-20-22-26(23-21-25)38-30-15-5-4-13-28(30)29-14-10-24-36-35(29)38/h1-24H. The van der Waals surface area contributed by atoms with E-state index >= 15 is 4.57 Å². The van der Waals surface area contributed by atoms with E-state index in [0.29, 0.717) is 0 Å². The van der Waals surface area contributed by atoms with Crippen LogP contribution in [-0.4, -0.2) is 9.55 Å². The summed E-state index contributed by atoms with van der Waals surface area (Å²) in [6, 6.07) is 47.2. The monoisotopic (exact) mass is 533 g/mol. The van der Waals surface area contributed by atoms with Gasteiger partial charge >= 0.3 is 0 Å². The Bertz CT molecular complexity index is 1990. The van der Waals surface area contributed by atoms with E-state index in [-0.39, 0.29) is 0 Å². The van der Waals surface area contributed by atoms with Gasteiger partial charge in [0.2, 0.25) is 0 Å². The van der Waals surface area contributed by atoms with Crippen LogP contribution < -0.4 is 20.8 Å². The first-order valence-corrected chi connectivity index (χ1v) is 15.1. The van der Waals surface area contributed by atoms with Crippen molar-refractivity contribution in [3.63, 3.8) is 0 Å². The Labute approximate surface area is 232 Å². The molecule has 0 unspecified atom stereocenters. The summed E-state index contributed by atoms with van der Waals surface area (Å²) in [5, 5.41) is 4.89. The van der Waals surface area contributed by atoms with Gasteiger partial charge in [0, 0.05) is 44.3 Å². The second kappa shape index (κ2) is 8.81. The molecule has 1 aliphatic heterocycles. The molecule has 4 nitrogen and oxygen atoms in total. The molecule has 0 saturated heterocycles. The molecule has 2 aromatic heterocycles. The molecule has 190 valence electrons. The fraction of sp³-hybridized carbons (Fsp3) is 0. The number of anilines is 3. The Balaban J connectivity index is 1.32. The number of nitrogens with zero attached hydrogens (tertiary/aromatic N) is 3. The highest BCUT2D eigenvalue weighted by molar-refractivity contribution is 7.86. The van der Waals surface area contributed by atoms with E-state index in [1.165, 1.54) is 5.39 Å². The van der Waals surface area contributed by atoms with Crippen molar-refractivity contribution >= 4 is 62.1 Å². The molecule has 0 spiro atoms. The van der Waals surface area contributed by atoms with Crippen molar-refractivity contribution in [1.29, 1.82) is 0 Å². The number of hydrogen-bond donors (Lipinski definition) is 0. The van der Waals surface area contributed by atoms with Crippen LogP contribution >= 0.6 is 7.14 Å². The lowest BCUT2D eigenvalue weighted by molar-refractivity contribution is 0.592. The second-order valence-electron chi connectivity index (χ2n) is 10.0. The van der Waals surface area contributed by atoms with Gasteiger partial charge in [-0.2, -0.15) is 0 Å². The molecule has 0 N–H and O–H groups in total. The van der Waals surface area contributed by atoms with E-state index in [4.69, 9.17) is 4.98 Å². The highest BCUT2D eigenvalue weighted by Gasteiger charge is 2.40. The smallest absolute Gasteiger partial charge is 0.175 e. The average molecular weight is 534 g/mol. The zero-order chi connectivity index (χ0) is 26.7. The van der Waals surface area contributed by atoms with Gasteiger partial charge in [-0.15, -0.1) is 0 Å². The Kier molecular flexibility index (Phi) is 5.07. The molecule has 5 aromatic carbocycles. The minimum absolute atomic E-state index is 0.851. The van der Waals surface area contributed by atoms with E-state index in [1.807, 2.05) is 79.0 Å². The molecule has 8 rings (SSSR count). The minimum atomic E-state index is -3.06. The first-order chi connectivity index (χ1) is 19.7. The zero-order valence-electron chi connectivity index (χ0n) is 21.6. The average Bonchev–Trinajstić information content (AvgIpc) is 3.36. The van der Waals surface area contributed by atoms with E-state index in [0.717, 1.165) is 55.2 Å². The van der Waals surface area contributed by atoms with Crippen LogP contribution in [0.4, 0.5) is 17.1 Å². The molecule has 0 atom stereocenters. The van der Waals surface area contributed by atoms with Crippen LogP contribution in [-0.2, 0) is 4.57 Å². The van der Waals surface area contributed by atoms with Crippen LogP contribution in [0.5, 0.6) is 0 Å². The lowest BCUT2D eigenvalue weighted by Crippen LogP contribution is -2.36. The van der Waals surface area contributed by atoms with Crippen molar-refractivity contribution in [3.8, 4) is 5.69 Å². The number of rotatable bonds is 3. The maximum Gasteiger partial charge on any atom is 0.175 e. The molecule has 0 fully saturated rings. The summed E-state index contributed by atoms with van der Waals surface area (Å²) in [5.74, 6) is 0. The van der Waals surface area contributed by atoms with E-state index in [2.05, 4.69) is 76.2 Å². The molecule has 0 aliphatic carbocycles. The van der Waals surface area contributed by atoms with E-state index < -0.39 is 7.14 Å². The summed E-state index contributed by atoms with van der Waals surface area (Å²) >= 11 is 0. The SMILES string of the molecule is O=P1(c2ccccc2)c2ccccc2N(c2ccc(-n3c4ccccc4c4cccnc43)cc2)c2ccccc21. The second-order valence-corrected chi connectivity index (χ2v) is 12.7. The van der Waals surface area contributed by atoms with Gasteiger partial charge < -0.3 is 9.46 Å². The van der Waals surface area contributed by atoms with Gasteiger partial charge in [0.05, 0.1) is 16.9 Å². The number of para-hydroxylation sites is 3. The van der Waals surface area contributed by atoms with Crippen molar-refractivity contribution < 1.29 is 4.57 Å². The van der Waals surface area contributed by atoms with Crippen LogP contribution in [0.1, 0.15) is 0 Å². The van der Waals surface area contributed by atoms with Crippen molar-refractivity contribution in [3.05, 3.63) is 146 Å². The highest BCUT2D eigenvalue weighted by atomic mass is 31.2. The fourth-order valence-corrected chi connectivity index (χ4v) is 9.10. The molecule has 7 aromatic rings. The van der Waals surface area contributed by atoms with E-state index in [9.17, 15) is 0 Å². The van der Waals surface area contributed by atoms with Crippen molar-refractivity contribution in [2.45, 2.75) is 0 Å². The third-order valence-corrected chi connectivity index (χ3v) is 11.0. The van der Waals surface area contributed by atoms with Crippen LogP contribution in [0.2, 0.25) is 0 Å². The van der Waals surface area contributed by atoms with Gasteiger partial charge in [-0.25, -0.2) is 4.98 Å². The topological polar surface area (TPSA) is 38.1 Å². The van der Waals surface area contributed by atoms with Gasteiger partial charge in [0.15, 0.2) is 7.14 Å². The summed E-state index contributed by atoms with van der Waals surface area (Å²) in [5.41, 5.74) is 6.01. The zero-order valence-corrected chi connectivity index (χ0v) is 22.4. The lowest BCUT2D eigenvalue weighted by Gasteiger charge is -2.37. The summed E-state index contributed by atoms with van der Waals surface area (Å²) in [6.45, 7) is 0. The Hall–Kier alpha value is -4.92. The molecular formula is C35H24N3OP. The lowest BCUT2D eigenvalue weighted by atomic mass is 10.1. The van der Waals surface area contributed by atoms with Crippen LogP contribution in [0.3, 0.4) is 0 Å². The van der Waals surface area contributed by atoms with Crippen molar-refractivity contribution in [2.24, 2.45) is 0 Å². The molecule has 0 radical (unpaired) electrons. The molecule has 0 saturated carbocycles. The van der Waals surface area contributed by atoms with Crippen LogP contribution in [0, 0.1) is 0 Å². The molecule has 0 bridgehead atoms. The third-order valence-electron chi connectivity index (χ3n) is 7.84. The minimum Gasteiger partial charge on any atom is -0.309 e. The fourth-order valence-electron chi connectivity index (χ4n) is 6.10. The Morgan fingerprint density at radius 3 is 1.82 bits per heavy atom.